The fourth-order valence-corrected chi connectivity index (χ4v) is 0.726. The smallest absolute Gasteiger partial charge is 0.222 e. The van der Waals surface area contributed by atoms with Crippen molar-refractivity contribution in [1.82, 2.24) is 9.97 Å². The maximum absolute atomic E-state index is 8.73. The van der Waals surface area contributed by atoms with Crippen molar-refractivity contribution in [2.24, 2.45) is 0 Å². The van der Waals surface area contributed by atoms with E-state index in [0.29, 0.717) is 11.5 Å². The molecule has 0 aromatic carbocycles. The van der Waals surface area contributed by atoms with Crippen molar-refractivity contribution in [2.75, 3.05) is 11.9 Å². The molecule has 0 bridgehead atoms. The summed E-state index contributed by atoms with van der Waals surface area (Å²) >= 11 is 0. The number of nitrogens with zero attached hydrogens (tertiary/aromatic N) is 3. The van der Waals surface area contributed by atoms with Gasteiger partial charge in [-0.2, -0.15) is 5.26 Å². The number of aliphatic hydroxyl groups excluding tert-OH is 1. The summed E-state index contributed by atoms with van der Waals surface area (Å²) in [5, 5.41) is 20.1. The second-order valence-electron chi connectivity index (χ2n) is 2.64. The van der Waals surface area contributed by atoms with Gasteiger partial charge in [-0.3, -0.25) is 0 Å². The van der Waals surface area contributed by atoms with Gasteiger partial charge >= 0.3 is 0 Å². The highest BCUT2D eigenvalue weighted by molar-refractivity contribution is 5.30. The average molecular weight is 178 g/mol. The molecule has 0 unspecified atom stereocenters. The lowest BCUT2D eigenvalue weighted by Crippen LogP contribution is -2.20. The third kappa shape index (κ3) is 2.69. The average Bonchev–Trinajstić information content (AvgIpc) is 2.19. The van der Waals surface area contributed by atoms with E-state index in [1.165, 1.54) is 12.4 Å². The van der Waals surface area contributed by atoms with Crippen LogP contribution in [0.25, 0.3) is 0 Å². The molecule has 0 saturated carbocycles. The molecule has 5 heteroatoms. The van der Waals surface area contributed by atoms with Crippen LogP contribution in [0.1, 0.15) is 12.5 Å². The predicted octanol–water partition coefficient (Wildman–Crippen LogP) is 0.141. The van der Waals surface area contributed by atoms with Crippen molar-refractivity contribution in [3.63, 3.8) is 0 Å². The first kappa shape index (κ1) is 9.42. The third-order valence-corrected chi connectivity index (χ3v) is 1.43. The summed E-state index contributed by atoms with van der Waals surface area (Å²) in [5.41, 5.74) is 0.419. The van der Waals surface area contributed by atoms with E-state index >= 15 is 0 Å². The van der Waals surface area contributed by atoms with Crippen LogP contribution in [-0.4, -0.2) is 27.7 Å². The van der Waals surface area contributed by atoms with Crippen molar-refractivity contribution >= 4 is 5.95 Å². The van der Waals surface area contributed by atoms with Gasteiger partial charge in [-0.1, -0.05) is 0 Å². The van der Waals surface area contributed by atoms with E-state index in [0.717, 1.165) is 0 Å². The number of aliphatic hydroxyl groups is 1. The number of nitrogens with one attached hydrogen (secondary N) is 1. The van der Waals surface area contributed by atoms with E-state index in [-0.39, 0.29) is 12.6 Å². The van der Waals surface area contributed by atoms with Crippen LogP contribution in [0.4, 0.5) is 5.95 Å². The number of rotatable bonds is 3. The highest BCUT2D eigenvalue weighted by Crippen LogP contribution is 2.00. The van der Waals surface area contributed by atoms with Crippen LogP contribution in [0.3, 0.4) is 0 Å². The molecule has 1 aromatic heterocycles. The molecule has 0 spiro atoms. The van der Waals surface area contributed by atoms with E-state index in [4.69, 9.17) is 10.4 Å². The Bertz CT molecular complexity index is 303. The molecule has 1 aromatic rings. The first-order chi connectivity index (χ1) is 6.26. The first-order valence-electron chi connectivity index (χ1n) is 3.86. The zero-order valence-corrected chi connectivity index (χ0v) is 7.23. The maximum atomic E-state index is 8.73. The van der Waals surface area contributed by atoms with Gasteiger partial charge < -0.3 is 10.4 Å². The Labute approximate surface area is 76.1 Å². The molecule has 0 aliphatic heterocycles. The van der Waals surface area contributed by atoms with Crippen LogP contribution in [0.15, 0.2) is 12.4 Å². The molecule has 1 rings (SSSR count). The summed E-state index contributed by atoms with van der Waals surface area (Å²) in [6.45, 7) is 1.82. The van der Waals surface area contributed by atoms with Gasteiger partial charge in [0.25, 0.3) is 0 Å². The van der Waals surface area contributed by atoms with E-state index in [1.54, 1.807) is 0 Å². The molecule has 0 saturated heterocycles. The van der Waals surface area contributed by atoms with Crippen LogP contribution in [-0.2, 0) is 0 Å². The lowest BCUT2D eigenvalue weighted by molar-refractivity contribution is 0.281. The minimum absolute atomic E-state index is 0.0172. The number of hydrogen-bond acceptors (Lipinski definition) is 5. The molecular formula is C8H10N4O. The summed E-state index contributed by atoms with van der Waals surface area (Å²) in [5.74, 6) is 0.417. The Hall–Kier alpha value is -1.67. The molecule has 0 radical (unpaired) electrons. The van der Waals surface area contributed by atoms with E-state index < -0.39 is 0 Å². The van der Waals surface area contributed by atoms with Gasteiger partial charge in [0.05, 0.1) is 24.6 Å². The van der Waals surface area contributed by atoms with Crippen molar-refractivity contribution in [1.29, 1.82) is 5.26 Å². The third-order valence-electron chi connectivity index (χ3n) is 1.43. The molecule has 0 aliphatic rings. The van der Waals surface area contributed by atoms with Crippen molar-refractivity contribution in [3.8, 4) is 6.07 Å². The monoisotopic (exact) mass is 178 g/mol. The maximum Gasteiger partial charge on any atom is 0.222 e. The topological polar surface area (TPSA) is 81.8 Å². The van der Waals surface area contributed by atoms with Crippen molar-refractivity contribution in [3.05, 3.63) is 18.0 Å². The Balaban J connectivity index is 2.65. The molecule has 13 heavy (non-hydrogen) atoms. The second-order valence-corrected chi connectivity index (χ2v) is 2.64. The van der Waals surface area contributed by atoms with Gasteiger partial charge in [0.15, 0.2) is 0 Å². The molecule has 0 amide bonds. The van der Waals surface area contributed by atoms with Gasteiger partial charge in [-0.25, -0.2) is 9.97 Å². The number of anilines is 1. The van der Waals surface area contributed by atoms with Crippen LogP contribution in [0.5, 0.6) is 0 Å². The van der Waals surface area contributed by atoms with Crippen LogP contribution >= 0.6 is 0 Å². The lowest BCUT2D eigenvalue weighted by atomic mass is 10.3. The molecular weight excluding hydrogens is 168 g/mol. The fourth-order valence-electron chi connectivity index (χ4n) is 0.726. The summed E-state index contributed by atoms with van der Waals surface area (Å²) in [6, 6.07) is 1.83. The molecule has 1 atom stereocenters. The number of hydrogen-bond donors (Lipinski definition) is 2. The van der Waals surface area contributed by atoms with Gasteiger partial charge in [0.1, 0.15) is 6.07 Å². The zero-order chi connectivity index (χ0) is 9.68. The molecule has 5 nitrogen and oxygen atoms in total. The van der Waals surface area contributed by atoms with Gasteiger partial charge in [-0.15, -0.1) is 0 Å². The zero-order valence-electron chi connectivity index (χ0n) is 7.23. The highest BCUT2D eigenvalue weighted by atomic mass is 16.3. The second kappa shape index (κ2) is 4.38. The van der Waals surface area contributed by atoms with Gasteiger partial charge in [0.2, 0.25) is 5.95 Å². The largest absolute Gasteiger partial charge is 0.394 e. The summed E-state index contributed by atoms with van der Waals surface area (Å²) in [6.07, 6.45) is 2.86. The standard InChI is InChI=1S/C8H10N4O/c1-6(5-13)12-8-10-3-7(2-9)4-11-8/h3-4,6,13H,5H2,1H3,(H,10,11,12)/t6-/m0/s1. The van der Waals surface area contributed by atoms with Crippen LogP contribution in [0, 0.1) is 11.3 Å². The van der Waals surface area contributed by atoms with Gasteiger partial charge in [0, 0.05) is 6.04 Å². The fraction of sp³-hybridized carbons (Fsp3) is 0.375. The van der Waals surface area contributed by atoms with Crippen LogP contribution in [0.2, 0.25) is 0 Å². The summed E-state index contributed by atoms with van der Waals surface area (Å²) in [7, 11) is 0. The predicted molar refractivity (Wildman–Crippen MR) is 46.9 cm³/mol. The molecule has 68 valence electrons. The Morgan fingerprint density at radius 2 is 2.23 bits per heavy atom. The van der Waals surface area contributed by atoms with Gasteiger partial charge in [-0.05, 0) is 6.92 Å². The highest BCUT2D eigenvalue weighted by Gasteiger charge is 2.01. The minimum atomic E-state index is -0.0899. The quantitative estimate of drug-likeness (QED) is 0.688. The van der Waals surface area contributed by atoms with E-state index in [9.17, 15) is 0 Å². The molecule has 0 fully saturated rings. The number of aromatic nitrogens is 2. The molecule has 0 aliphatic carbocycles. The van der Waals surface area contributed by atoms with Crippen LogP contribution < -0.4 is 5.32 Å². The molecule has 1 heterocycles. The molecule has 2 N–H and O–H groups in total. The lowest BCUT2D eigenvalue weighted by Gasteiger charge is -2.09. The number of nitriles is 1. The van der Waals surface area contributed by atoms with E-state index in [2.05, 4.69) is 15.3 Å². The Kier molecular flexibility index (Phi) is 3.17. The van der Waals surface area contributed by atoms with E-state index in [1.807, 2.05) is 13.0 Å². The minimum Gasteiger partial charge on any atom is -0.394 e. The van der Waals surface area contributed by atoms with Crippen molar-refractivity contribution in [2.45, 2.75) is 13.0 Å². The Morgan fingerprint density at radius 3 is 2.69 bits per heavy atom. The first-order valence-corrected chi connectivity index (χ1v) is 3.86. The SMILES string of the molecule is C[C@@H](CO)Nc1ncc(C#N)cn1. The Morgan fingerprint density at radius 1 is 1.62 bits per heavy atom. The van der Waals surface area contributed by atoms with Crippen molar-refractivity contribution < 1.29 is 5.11 Å². The normalized spacial score (nSPS) is 11.8. The summed E-state index contributed by atoms with van der Waals surface area (Å²) in [4.78, 5) is 7.76. The summed E-state index contributed by atoms with van der Waals surface area (Å²) < 4.78 is 0.